The number of aliphatic carboxylic acids is 1. The summed E-state index contributed by atoms with van der Waals surface area (Å²) in [7, 11) is 1.60. The SMILES string of the molecule is CC[C@@H](C(=O)O)N(CC)c1cccc(OC)c1. The highest BCUT2D eigenvalue weighted by molar-refractivity contribution is 5.78. The number of likely N-dealkylation sites (N-methyl/N-ethyl adjacent to an activating group) is 1. The number of carboxylic acid groups (broad SMARTS) is 1. The van der Waals surface area contributed by atoms with Gasteiger partial charge in [-0.15, -0.1) is 0 Å². The van der Waals surface area contributed by atoms with E-state index in [1.54, 1.807) is 7.11 Å². The molecule has 0 amide bonds. The maximum absolute atomic E-state index is 11.2. The van der Waals surface area contributed by atoms with Crippen molar-refractivity contribution in [2.45, 2.75) is 26.3 Å². The minimum atomic E-state index is -0.794. The van der Waals surface area contributed by atoms with Crippen molar-refractivity contribution in [3.63, 3.8) is 0 Å². The molecule has 0 aliphatic carbocycles. The van der Waals surface area contributed by atoms with E-state index in [-0.39, 0.29) is 0 Å². The van der Waals surface area contributed by atoms with E-state index in [1.165, 1.54) is 0 Å². The second-order valence-corrected chi connectivity index (χ2v) is 3.75. The van der Waals surface area contributed by atoms with Gasteiger partial charge in [-0.1, -0.05) is 13.0 Å². The third kappa shape index (κ3) is 3.12. The number of anilines is 1. The van der Waals surface area contributed by atoms with Gasteiger partial charge in [0.25, 0.3) is 0 Å². The number of hydrogen-bond donors (Lipinski definition) is 1. The molecule has 0 bridgehead atoms. The lowest BCUT2D eigenvalue weighted by atomic mass is 10.1. The van der Waals surface area contributed by atoms with Crippen LogP contribution in [0.15, 0.2) is 24.3 Å². The molecule has 1 N–H and O–H groups in total. The van der Waals surface area contributed by atoms with E-state index in [0.717, 1.165) is 11.4 Å². The van der Waals surface area contributed by atoms with Gasteiger partial charge in [0.15, 0.2) is 0 Å². The van der Waals surface area contributed by atoms with E-state index in [1.807, 2.05) is 43.0 Å². The van der Waals surface area contributed by atoms with E-state index < -0.39 is 12.0 Å². The van der Waals surface area contributed by atoms with Crippen LogP contribution in [-0.4, -0.2) is 30.8 Å². The fraction of sp³-hybridized carbons (Fsp3) is 0.462. The molecular formula is C13H19NO3. The van der Waals surface area contributed by atoms with Crippen molar-refractivity contribution in [1.29, 1.82) is 0 Å². The Bertz CT molecular complexity index is 379. The Morgan fingerprint density at radius 2 is 2.18 bits per heavy atom. The second-order valence-electron chi connectivity index (χ2n) is 3.75. The molecule has 1 aromatic rings. The maximum Gasteiger partial charge on any atom is 0.326 e. The van der Waals surface area contributed by atoms with Crippen molar-refractivity contribution in [3.8, 4) is 5.75 Å². The van der Waals surface area contributed by atoms with Crippen LogP contribution in [0.4, 0.5) is 5.69 Å². The van der Waals surface area contributed by atoms with E-state index in [2.05, 4.69) is 0 Å². The molecule has 4 heteroatoms. The maximum atomic E-state index is 11.2. The van der Waals surface area contributed by atoms with Crippen LogP contribution < -0.4 is 9.64 Å². The number of ether oxygens (including phenoxy) is 1. The zero-order chi connectivity index (χ0) is 12.8. The molecule has 0 radical (unpaired) electrons. The van der Waals surface area contributed by atoms with Crippen molar-refractivity contribution < 1.29 is 14.6 Å². The Balaban J connectivity index is 3.03. The van der Waals surface area contributed by atoms with Gasteiger partial charge in [-0.05, 0) is 25.5 Å². The Hall–Kier alpha value is -1.71. The number of carboxylic acids is 1. The van der Waals surface area contributed by atoms with Crippen molar-refractivity contribution in [2.75, 3.05) is 18.6 Å². The average molecular weight is 237 g/mol. The topological polar surface area (TPSA) is 49.8 Å². The number of methoxy groups -OCH3 is 1. The number of carbonyl (C=O) groups is 1. The Kier molecular flexibility index (Phi) is 4.82. The lowest BCUT2D eigenvalue weighted by molar-refractivity contribution is -0.138. The molecule has 94 valence electrons. The van der Waals surface area contributed by atoms with Crippen LogP contribution in [0.1, 0.15) is 20.3 Å². The Morgan fingerprint density at radius 3 is 2.65 bits per heavy atom. The van der Waals surface area contributed by atoms with Crippen molar-refractivity contribution in [2.24, 2.45) is 0 Å². The Morgan fingerprint density at radius 1 is 1.47 bits per heavy atom. The highest BCUT2D eigenvalue weighted by atomic mass is 16.5. The van der Waals surface area contributed by atoms with Crippen LogP contribution in [0.3, 0.4) is 0 Å². The summed E-state index contributed by atoms with van der Waals surface area (Å²) >= 11 is 0. The summed E-state index contributed by atoms with van der Waals surface area (Å²) in [6.45, 7) is 4.48. The molecule has 0 saturated carbocycles. The molecule has 1 rings (SSSR count). The van der Waals surface area contributed by atoms with Gasteiger partial charge in [0, 0.05) is 18.3 Å². The summed E-state index contributed by atoms with van der Waals surface area (Å²) in [6.07, 6.45) is 0.570. The first kappa shape index (κ1) is 13.4. The molecule has 0 saturated heterocycles. The molecule has 1 atom stereocenters. The quantitative estimate of drug-likeness (QED) is 0.825. The first-order valence-electron chi connectivity index (χ1n) is 5.77. The minimum absolute atomic E-state index is 0.493. The highest BCUT2D eigenvalue weighted by Gasteiger charge is 2.22. The molecule has 0 heterocycles. The third-order valence-corrected chi connectivity index (χ3v) is 2.77. The van der Waals surface area contributed by atoms with Gasteiger partial charge in [0.1, 0.15) is 11.8 Å². The predicted octanol–water partition coefficient (Wildman–Crippen LogP) is 2.38. The summed E-state index contributed by atoms with van der Waals surface area (Å²) in [5, 5.41) is 9.19. The summed E-state index contributed by atoms with van der Waals surface area (Å²) in [5.74, 6) is -0.0571. The van der Waals surface area contributed by atoms with E-state index in [9.17, 15) is 9.90 Å². The molecule has 0 aliphatic rings. The van der Waals surface area contributed by atoms with Crippen LogP contribution in [-0.2, 0) is 4.79 Å². The molecule has 4 nitrogen and oxygen atoms in total. The largest absolute Gasteiger partial charge is 0.497 e. The zero-order valence-electron chi connectivity index (χ0n) is 10.5. The first-order valence-corrected chi connectivity index (χ1v) is 5.77. The molecule has 1 aromatic carbocycles. The van der Waals surface area contributed by atoms with Crippen LogP contribution in [0.5, 0.6) is 5.75 Å². The van der Waals surface area contributed by atoms with Crippen LogP contribution in [0, 0.1) is 0 Å². The van der Waals surface area contributed by atoms with Gasteiger partial charge in [-0.3, -0.25) is 0 Å². The van der Waals surface area contributed by atoms with Crippen LogP contribution >= 0.6 is 0 Å². The molecule has 17 heavy (non-hydrogen) atoms. The Labute approximate surface area is 102 Å². The van der Waals surface area contributed by atoms with Gasteiger partial charge in [0.05, 0.1) is 7.11 Å². The summed E-state index contributed by atoms with van der Waals surface area (Å²) < 4.78 is 5.15. The van der Waals surface area contributed by atoms with E-state index >= 15 is 0 Å². The normalized spacial score (nSPS) is 11.9. The highest BCUT2D eigenvalue weighted by Crippen LogP contribution is 2.23. The van der Waals surface area contributed by atoms with Gasteiger partial charge in [-0.2, -0.15) is 0 Å². The van der Waals surface area contributed by atoms with Crippen LogP contribution in [0.25, 0.3) is 0 Å². The predicted molar refractivity (Wildman–Crippen MR) is 67.7 cm³/mol. The van der Waals surface area contributed by atoms with E-state index in [4.69, 9.17) is 4.74 Å². The number of hydrogen-bond acceptors (Lipinski definition) is 3. The van der Waals surface area contributed by atoms with Crippen molar-refractivity contribution >= 4 is 11.7 Å². The summed E-state index contributed by atoms with van der Waals surface area (Å²) in [5.41, 5.74) is 0.876. The fourth-order valence-corrected chi connectivity index (χ4v) is 1.90. The molecule has 0 aromatic heterocycles. The monoisotopic (exact) mass is 237 g/mol. The summed E-state index contributed by atoms with van der Waals surface area (Å²) in [6, 6.07) is 6.98. The van der Waals surface area contributed by atoms with Crippen molar-refractivity contribution in [1.82, 2.24) is 0 Å². The first-order chi connectivity index (χ1) is 8.13. The number of nitrogens with zero attached hydrogens (tertiary/aromatic N) is 1. The second kappa shape index (κ2) is 6.13. The third-order valence-electron chi connectivity index (χ3n) is 2.77. The standard InChI is InChI=1S/C13H19NO3/c1-4-12(13(15)16)14(5-2)10-7-6-8-11(9-10)17-3/h6-9,12H,4-5H2,1-3H3,(H,15,16)/t12-/m0/s1. The van der Waals surface area contributed by atoms with Gasteiger partial charge in [-0.25, -0.2) is 4.79 Å². The molecule has 0 unspecified atom stereocenters. The van der Waals surface area contributed by atoms with E-state index in [0.29, 0.717) is 13.0 Å². The van der Waals surface area contributed by atoms with Gasteiger partial charge >= 0.3 is 5.97 Å². The fourth-order valence-electron chi connectivity index (χ4n) is 1.90. The number of benzene rings is 1. The number of rotatable bonds is 6. The lowest BCUT2D eigenvalue weighted by Gasteiger charge is -2.29. The average Bonchev–Trinajstić information content (AvgIpc) is 2.35. The lowest BCUT2D eigenvalue weighted by Crippen LogP contribution is -2.40. The van der Waals surface area contributed by atoms with Crippen molar-refractivity contribution in [3.05, 3.63) is 24.3 Å². The molecule has 0 aliphatic heterocycles. The molecular weight excluding hydrogens is 218 g/mol. The molecule has 0 fully saturated rings. The smallest absolute Gasteiger partial charge is 0.326 e. The van der Waals surface area contributed by atoms with Gasteiger partial charge in [0.2, 0.25) is 0 Å². The van der Waals surface area contributed by atoms with Gasteiger partial charge < -0.3 is 14.7 Å². The zero-order valence-corrected chi connectivity index (χ0v) is 10.5. The minimum Gasteiger partial charge on any atom is -0.497 e. The summed E-state index contributed by atoms with van der Waals surface area (Å²) in [4.78, 5) is 13.1. The molecule has 0 spiro atoms. The van der Waals surface area contributed by atoms with Crippen LogP contribution in [0.2, 0.25) is 0 Å².